The third-order valence-electron chi connectivity index (χ3n) is 4.11. The Bertz CT molecular complexity index is 237. The van der Waals surface area contributed by atoms with Crippen molar-refractivity contribution in [2.24, 2.45) is 5.92 Å². The fraction of sp³-hybridized carbons (Fsp3) is 1.00. The third-order valence-corrected chi connectivity index (χ3v) is 4.11. The van der Waals surface area contributed by atoms with Gasteiger partial charge in [-0.1, -0.05) is 0 Å². The van der Waals surface area contributed by atoms with E-state index < -0.39 is 0 Å². The van der Waals surface area contributed by atoms with Crippen molar-refractivity contribution in [2.45, 2.75) is 58.5 Å². The molecule has 1 unspecified atom stereocenters. The van der Waals surface area contributed by atoms with E-state index in [4.69, 9.17) is 0 Å². The molecule has 1 saturated heterocycles. The maximum Gasteiger partial charge on any atom is 0.00965 e. The Balaban J connectivity index is 2.19. The highest BCUT2D eigenvalue weighted by Gasteiger charge is 2.23. The van der Waals surface area contributed by atoms with Crippen molar-refractivity contribution in [3.8, 4) is 0 Å². The van der Waals surface area contributed by atoms with Crippen LogP contribution < -0.4 is 5.32 Å². The zero-order valence-electron chi connectivity index (χ0n) is 14.0. The van der Waals surface area contributed by atoms with Gasteiger partial charge < -0.3 is 15.1 Å². The Morgan fingerprint density at radius 3 is 2.26 bits per heavy atom. The summed E-state index contributed by atoms with van der Waals surface area (Å²) in [7, 11) is 4.38. The van der Waals surface area contributed by atoms with Gasteiger partial charge in [0.2, 0.25) is 0 Å². The molecule has 1 heterocycles. The number of hydrogen-bond donors (Lipinski definition) is 1. The highest BCUT2D eigenvalue weighted by molar-refractivity contribution is 4.79. The van der Waals surface area contributed by atoms with E-state index in [0.717, 1.165) is 18.5 Å². The van der Waals surface area contributed by atoms with Gasteiger partial charge in [0.05, 0.1) is 0 Å². The molecule has 0 aromatic heterocycles. The third kappa shape index (κ3) is 7.28. The summed E-state index contributed by atoms with van der Waals surface area (Å²) in [5.74, 6) is 0.908. The summed E-state index contributed by atoms with van der Waals surface area (Å²) >= 11 is 0. The lowest BCUT2D eigenvalue weighted by atomic mass is 9.95. The van der Waals surface area contributed by atoms with Crippen LogP contribution in [-0.4, -0.2) is 61.7 Å². The molecule has 19 heavy (non-hydrogen) atoms. The van der Waals surface area contributed by atoms with Crippen LogP contribution >= 0.6 is 0 Å². The van der Waals surface area contributed by atoms with Crippen molar-refractivity contribution >= 4 is 0 Å². The standard InChI is InChI=1S/C16H35N3/c1-14(7-10-17-16(2,3)4)19-11-8-15(9-12-19)13-18(5)6/h14-15,17H,7-13H2,1-6H3. The number of piperidine rings is 1. The maximum absolute atomic E-state index is 3.59. The molecule has 1 aliphatic heterocycles. The molecule has 0 aromatic carbocycles. The molecule has 3 heteroatoms. The molecular weight excluding hydrogens is 234 g/mol. The topological polar surface area (TPSA) is 18.5 Å². The van der Waals surface area contributed by atoms with Crippen molar-refractivity contribution in [1.29, 1.82) is 0 Å². The van der Waals surface area contributed by atoms with Crippen molar-refractivity contribution in [1.82, 2.24) is 15.1 Å². The van der Waals surface area contributed by atoms with E-state index in [0.29, 0.717) is 0 Å². The summed E-state index contributed by atoms with van der Waals surface area (Å²) in [6.07, 6.45) is 4.00. The maximum atomic E-state index is 3.59. The molecule has 1 atom stereocenters. The molecule has 0 spiro atoms. The SMILES string of the molecule is CC(CCNC(C)(C)C)N1CCC(CN(C)C)CC1. The van der Waals surface area contributed by atoms with Crippen LogP contribution in [0.4, 0.5) is 0 Å². The quantitative estimate of drug-likeness (QED) is 0.799. The molecular formula is C16H35N3. The first-order valence-corrected chi connectivity index (χ1v) is 7.92. The second-order valence-corrected chi connectivity index (χ2v) is 7.56. The summed E-state index contributed by atoms with van der Waals surface area (Å²) in [5, 5.41) is 3.59. The molecule has 0 radical (unpaired) electrons. The van der Waals surface area contributed by atoms with Crippen molar-refractivity contribution in [2.75, 3.05) is 40.3 Å². The lowest BCUT2D eigenvalue weighted by Crippen LogP contribution is -2.44. The summed E-state index contributed by atoms with van der Waals surface area (Å²) < 4.78 is 0. The van der Waals surface area contributed by atoms with Gasteiger partial charge in [0.25, 0.3) is 0 Å². The summed E-state index contributed by atoms with van der Waals surface area (Å²) in [5.41, 5.74) is 0.248. The zero-order chi connectivity index (χ0) is 14.5. The largest absolute Gasteiger partial charge is 0.312 e. The second-order valence-electron chi connectivity index (χ2n) is 7.56. The van der Waals surface area contributed by atoms with Gasteiger partial charge in [-0.25, -0.2) is 0 Å². The number of nitrogens with zero attached hydrogens (tertiary/aromatic N) is 2. The number of nitrogens with one attached hydrogen (secondary N) is 1. The van der Waals surface area contributed by atoms with Crippen LogP contribution in [-0.2, 0) is 0 Å². The molecule has 0 bridgehead atoms. The molecule has 114 valence electrons. The van der Waals surface area contributed by atoms with Gasteiger partial charge in [-0.2, -0.15) is 0 Å². The second kappa shape index (κ2) is 7.61. The Morgan fingerprint density at radius 2 is 1.79 bits per heavy atom. The van der Waals surface area contributed by atoms with Crippen LogP contribution in [0.1, 0.15) is 47.0 Å². The molecule has 0 aromatic rings. The van der Waals surface area contributed by atoms with Crippen LogP contribution in [0.15, 0.2) is 0 Å². The lowest BCUT2D eigenvalue weighted by Gasteiger charge is -2.37. The van der Waals surface area contributed by atoms with E-state index >= 15 is 0 Å². The Hall–Kier alpha value is -0.120. The minimum atomic E-state index is 0.248. The van der Waals surface area contributed by atoms with Crippen LogP contribution in [0, 0.1) is 5.92 Å². The average molecular weight is 269 g/mol. The molecule has 0 aliphatic carbocycles. The van der Waals surface area contributed by atoms with Crippen LogP contribution in [0.25, 0.3) is 0 Å². The predicted molar refractivity (Wildman–Crippen MR) is 84.7 cm³/mol. The van der Waals surface area contributed by atoms with Gasteiger partial charge >= 0.3 is 0 Å². The molecule has 1 rings (SSSR count). The number of hydrogen-bond acceptors (Lipinski definition) is 3. The first-order valence-electron chi connectivity index (χ1n) is 7.92. The Morgan fingerprint density at radius 1 is 1.21 bits per heavy atom. The fourth-order valence-electron chi connectivity index (χ4n) is 2.93. The van der Waals surface area contributed by atoms with Gasteiger partial charge in [-0.15, -0.1) is 0 Å². The summed E-state index contributed by atoms with van der Waals surface area (Å²) in [4.78, 5) is 5.01. The highest BCUT2D eigenvalue weighted by Crippen LogP contribution is 2.20. The van der Waals surface area contributed by atoms with Gasteiger partial charge in [-0.05, 0) is 86.6 Å². The van der Waals surface area contributed by atoms with Crippen LogP contribution in [0.2, 0.25) is 0 Å². The molecule has 3 nitrogen and oxygen atoms in total. The van der Waals surface area contributed by atoms with Gasteiger partial charge in [-0.3, -0.25) is 0 Å². The first kappa shape index (κ1) is 16.9. The lowest BCUT2D eigenvalue weighted by molar-refractivity contribution is 0.121. The summed E-state index contributed by atoms with van der Waals surface area (Å²) in [6, 6.07) is 0.718. The number of rotatable bonds is 6. The molecule has 1 N–H and O–H groups in total. The van der Waals surface area contributed by atoms with Crippen LogP contribution in [0.5, 0.6) is 0 Å². The van der Waals surface area contributed by atoms with Crippen molar-refractivity contribution in [3.63, 3.8) is 0 Å². The zero-order valence-corrected chi connectivity index (χ0v) is 14.0. The van der Waals surface area contributed by atoms with Crippen LogP contribution in [0.3, 0.4) is 0 Å². The molecule has 1 fully saturated rings. The Kier molecular flexibility index (Phi) is 6.78. The predicted octanol–water partition coefficient (Wildman–Crippen LogP) is 2.43. The molecule has 0 saturated carbocycles. The van der Waals surface area contributed by atoms with E-state index in [2.05, 4.69) is 56.9 Å². The monoisotopic (exact) mass is 269 g/mol. The highest BCUT2D eigenvalue weighted by atomic mass is 15.2. The fourth-order valence-corrected chi connectivity index (χ4v) is 2.93. The minimum Gasteiger partial charge on any atom is -0.312 e. The van der Waals surface area contributed by atoms with Crippen molar-refractivity contribution in [3.05, 3.63) is 0 Å². The van der Waals surface area contributed by atoms with Gasteiger partial charge in [0, 0.05) is 18.1 Å². The smallest absolute Gasteiger partial charge is 0.00965 e. The van der Waals surface area contributed by atoms with E-state index in [1.165, 1.54) is 38.9 Å². The minimum absolute atomic E-state index is 0.248. The van der Waals surface area contributed by atoms with Crippen molar-refractivity contribution < 1.29 is 0 Å². The van der Waals surface area contributed by atoms with E-state index in [-0.39, 0.29) is 5.54 Å². The molecule has 1 aliphatic rings. The van der Waals surface area contributed by atoms with E-state index in [1.807, 2.05) is 0 Å². The molecule has 0 amide bonds. The normalized spacial score (nSPS) is 21.0. The summed E-state index contributed by atoms with van der Waals surface area (Å²) in [6.45, 7) is 14.1. The Labute approximate surface area is 120 Å². The first-order chi connectivity index (χ1) is 8.78. The van der Waals surface area contributed by atoms with Gasteiger partial charge in [0.15, 0.2) is 0 Å². The van der Waals surface area contributed by atoms with Gasteiger partial charge in [0.1, 0.15) is 0 Å². The van der Waals surface area contributed by atoms with E-state index in [9.17, 15) is 0 Å². The number of likely N-dealkylation sites (tertiary alicyclic amines) is 1. The average Bonchev–Trinajstić information content (AvgIpc) is 2.27. The van der Waals surface area contributed by atoms with E-state index in [1.54, 1.807) is 0 Å².